The van der Waals surface area contributed by atoms with Gasteiger partial charge in [0, 0.05) is 11.1 Å². The molecular formula is C22H20O4. The maximum atomic E-state index is 11.3. The molecule has 3 aromatic carbocycles. The topological polar surface area (TPSA) is 44.8 Å². The second kappa shape index (κ2) is 8.21. The van der Waals surface area contributed by atoms with E-state index in [2.05, 4.69) is 0 Å². The number of methoxy groups -OCH3 is 2. The fourth-order valence-electron chi connectivity index (χ4n) is 2.71. The Morgan fingerprint density at radius 2 is 1.62 bits per heavy atom. The predicted octanol–water partition coefficient (Wildman–Crippen LogP) is 4.76. The standard InChI is InChI=1S/C22H20O4/c1-24-19-10-8-18(9-11-19)20-12-17(14-23)13-21(25-2)22(20)26-15-16-6-4-3-5-7-16/h3-14H,15H2,1-2H3. The molecule has 4 heteroatoms. The fourth-order valence-corrected chi connectivity index (χ4v) is 2.71. The zero-order valence-electron chi connectivity index (χ0n) is 14.8. The van der Waals surface area contributed by atoms with Crippen molar-refractivity contribution in [1.82, 2.24) is 0 Å². The van der Waals surface area contributed by atoms with Gasteiger partial charge < -0.3 is 14.2 Å². The van der Waals surface area contributed by atoms with Crippen LogP contribution >= 0.6 is 0 Å². The van der Waals surface area contributed by atoms with E-state index in [9.17, 15) is 4.79 Å². The molecule has 0 atom stereocenters. The number of benzene rings is 3. The summed E-state index contributed by atoms with van der Waals surface area (Å²) < 4.78 is 16.8. The Balaban J connectivity index is 2.03. The zero-order valence-corrected chi connectivity index (χ0v) is 14.8. The highest BCUT2D eigenvalue weighted by molar-refractivity contribution is 5.84. The summed E-state index contributed by atoms with van der Waals surface area (Å²) in [4.78, 5) is 11.3. The highest BCUT2D eigenvalue weighted by Gasteiger charge is 2.15. The van der Waals surface area contributed by atoms with Crippen LogP contribution in [0.15, 0.2) is 66.7 Å². The summed E-state index contributed by atoms with van der Waals surface area (Å²) in [7, 11) is 3.19. The maximum Gasteiger partial charge on any atom is 0.169 e. The molecule has 0 aliphatic heterocycles. The van der Waals surface area contributed by atoms with Crippen molar-refractivity contribution >= 4 is 6.29 Å². The van der Waals surface area contributed by atoms with Gasteiger partial charge in [0.25, 0.3) is 0 Å². The van der Waals surface area contributed by atoms with E-state index >= 15 is 0 Å². The Hall–Kier alpha value is -3.27. The lowest BCUT2D eigenvalue weighted by Gasteiger charge is -2.16. The first-order valence-electron chi connectivity index (χ1n) is 8.23. The first-order chi connectivity index (χ1) is 12.7. The summed E-state index contributed by atoms with van der Waals surface area (Å²) in [6.45, 7) is 0.404. The Bertz CT molecular complexity index is 871. The van der Waals surface area contributed by atoms with Crippen LogP contribution < -0.4 is 14.2 Å². The first-order valence-corrected chi connectivity index (χ1v) is 8.23. The third-order valence-electron chi connectivity index (χ3n) is 4.06. The molecule has 132 valence electrons. The van der Waals surface area contributed by atoms with Gasteiger partial charge in [0.2, 0.25) is 0 Å². The Morgan fingerprint density at radius 1 is 0.885 bits per heavy atom. The van der Waals surface area contributed by atoms with Crippen molar-refractivity contribution in [3.8, 4) is 28.4 Å². The number of carbonyl (C=O) groups is 1. The number of aldehydes is 1. The van der Waals surface area contributed by atoms with Gasteiger partial charge >= 0.3 is 0 Å². The first kappa shape index (κ1) is 17.5. The van der Waals surface area contributed by atoms with Crippen LogP contribution in [0.1, 0.15) is 15.9 Å². The van der Waals surface area contributed by atoms with Gasteiger partial charge in [-0.15, -0.1) is 0 Å². The van der Waals surface area contributed by atoms with Crippen molar-refractivity contribution < 1.29 is 19.0 Å². The van der Waals surface area contributed by atoms with Crippen LogP contribution in [0.25, 0.3) is 11.1 Å². The average Bonchev–Trinajstić information content (AvgIpc) is 2.72. The summed E-state index contributed by atoms with van der Waals surface area (Å²) >= 11 is 0. The van der Waals surface area contributed by atoms with Gasteiger partial charge in [-0.05, 0) is 35.4 Å². The quantitative estimate of drug-likeness (QED) is 0.577. The van der Waals surface area contributed by atoms with Gasteiger partial charge in [-0.2, -0.15) is 0 Å². The minimum absolute atomic E-state index is 0.404. The summed E-state index contributed by atoms with van der Waals surface area (Å²) in [5.41, 5.74) is 3.29. The van der Waals surface area contributed by atoms with Crippen LogP contribution in [0.2, 0.25) is 0 Å². The molecule has 3 rings (SSSR count). The molecule has 0 fully saturated rings. The minimum Gasteiger partial charge on any atom is -0.497 e. The summed E-state index contributed by atoms with van der Waals surface area (Å²) in [6.07, 6.45) is 0.802. The Kier molecular flexibility index (Phi) is 5.54. The van der Waals surface area contributed by atoms with E-state index in [1.165, 1.54) is 0 Å². The predicted molar refractivity (Wildman–Crippen MR) is 101 cm³/mol. The molecule has 4 nitrogen and oxygen atoms in total. The molecule has 0 unspecified atom stereocenters. The third kappa shape index (κ3) is 3.86. The SMILES string of the molecule is COc1ccc(-c2cc(C=O)cc(OC)c2OCc2ccccc2)cc1. The lowest BCUT2D eigenvalue weighted by Crippen LogP contribution is -2.01. The molecule has 0 radical (unpaired) electrons. The van der Waals surface area contributed by atoms with Crippen LogP contribution in [0.3, 0.4) is 0 Å². The van der Waals surface area contributed by atoms with Crippen molar-refractivity contribution in [2.24, 2.45) is 0 Å². The van der Waals surface area contributed by atoms with E-state index in [-0.39, 0.29) is 0 Å². The van der Waals surface area contributed by atoms with E-state index in [0.29, 0.717) is 23.7 Å². The van der Waals surface area contributed by atoms with E-state index in [0.717, 1.165) is 28.7 Å². The van der Waals surface area contributed by atoms with Gasteiger partial charge in [0.15, 0.2) is 11.5 Å². The molecule has 0 bridgehead atoms. The summed E-state index contributed by atoms with van der Waals surface area (Å²) in [5, 5.41) is 0. The lowest BCUT2D eigenvalue weighted by molar-refractivity contribution is 0.112. The second-order valence-electron chi connectivity index (χ2n) is 5.72. The minimum atomic E-state index is 0.404. The normalized spacial score (nSPS) is 10.2. The molecule has 0 amide bonds. The Morgan fingerprint density at radius 3 is 2.23 bits per heavy atom. The van der Waals surface area contributed by atoms with E-state index in [1.807, 2.05) is 54.6 Å². The molecule has 0 aliphatic rings. The monoisotopic (exact) mass is 348 g/mol. The summed E-state index contributed by atoms with van der Waals surface area (Å²) in [5.74, 6) is 1.89. The van der Waals surface area contributed by atoms with Crippen molar-refractivity contribution in [3.63, 3.8) is 0 Å². The second-order valence-corrected chi connectivity index (χ2v) is 5.72. The van der Waals surface area contributed by atoms with Gasteiger partial charge in [-0.25, -0.2) is 0 Å². The van der Waals surface area contributed by atoms with Crippen molar-refractivity contribution in [2.45, 2.75) is 6.61 Å². The van der Waals surface area contributed by atoms with Crippen molar-refractivity contribution in [3.05, 3.63) is 77.9 Å². The number of hydrogen-bond donors (Lipinski definition) is 0. The third-order valence-corrected chi connectivity index (χ3v) is 4.06. The van der Waals surface area contributed by atoms with Gasteiger partial charge in [-0.1, -0.05) is 42.5 Å². The van der Waals surface area contributed by atoms with E-state index < -0.39 is 0 Å². The van der Waals surface area contributed by atoms with Crippen LogP contribution in [-0.4, -0.2) is 20.5 Å². The number of ether oxygens (including phenoxy) is 3. The molecule has 0 aliphatic carbocycles. The number of rotatable bonds is 7. The Labute approximate surface area is 153 Å². The van der Waals surface area contributed by atoms with Gasteiger partial charge in [0.1, 0.15) is 18.6 Å². The molecule has 0 saturated carbocycles. The lowest BCUT2D eigenvalue weighted by atomic mass is 10.0. The molecule has 0 aromatic heterocycles. The van der Waals surface area contributed by atoms with Crippen molar-refractivity contribution in [2.75, 3.05) is 14.2 Å². The van der Waals surface area contributed by atoms with Crippen molar-refractivity contribution in [1.29, 1.82) is 0 Å². The highest BCUT2D eigenvalue weighted by atomic mass is 16.5. The van der Waals surface area contributed by atoms with Crippen LogP contribution in [0.5, 0.6) is 17.2 Å². The van der Waals surface area contributed by atoms with E-state index in [4.69, 9.17) is 14.2 Å². The smallest absolute Gasteiger partial charge is 0.169 e. The molecular weight excluding hydrogens is 328 g/mol. The van der Waals surface area contributed by atoms with E-state index in [1.54, 1.807) is 26.4 Å². The summed E-state index contributed by atoms with van der Waals surface area (Å²) in [6, 6.07) is 21.0. The van der Waals surface area contributed by atoms with Crippen LogP contribution in [0.4, 0.5) is 0 Å². The maximum absolute atomic E-state index is 11.3. The molecule has 26 heavy (non-hydrogen) atoms. The average molecular weight is 348 g/mol. The molecule has 0 spiro atoms. The fraction of sp³-hybridized carbons (Fsp3) is 0.136. The largest absolute Gasteiger partial charge is 0.497 e. The highest BCUT2D eigenvalue weighted by Crippen LogP contribution is 2.40. The molecule has 0 N–H and O–H groups in total. The molecule has 3 aromatic rings. The van der Waals surface area contributed by atoms with Gasteiger partial charge in [0.05, 0.1) is 14.2 Å². The zero-order chi connectivity index (χ0) is 18.4. The van der Waals surface area contributed by atoms with Gasteiger partial charge in [-0.3, -0.25) is 4.79 Å². The number of carbonyl (C=O) groups excluding carboxylic acids is 1. The van der Waals surface area contributed by atoms with Crippen LogP contribution in [-0.2, 0) is 6.61 Å². The van der Waals surface area contributed by atoms with Crippen LogP contribution in [0, 0.1) is 0 Å². The molecule has 0 heterocycles. The number of hydrogen-bond acceptors (Lipinski definition) is 4. The molecule has 0 saturated heterocycles.